The lowest BCUT2D eigenvalue weighted by molar-refractivity contribution is 0.466. The van der Waals surface area contributed by atoms with Crippen LogP contribution in [0.3, 0.4) is 0 Å². The molecule has 96 valence electrons. The molecule has 0 spiro atoms. The summed E-state index contributed by atoms with van der Waals surface area (Å²) < 4.78 is 5.81. The number of halogens is 1. The molecule has 3 rings (SSSR count). The highest BCUT2D eigenvalue weighted by molar-refractivity contribution is 6.17. The monoisotopic (exact) mass is 273 g/mol. The first-order valence-electron chi connectivity index (χ1n) is 5.91. The van der Waals surface area contributed by atoms with E-state index in [1.165, 1.54) is 0 Å². The topological polar surface area (TPSA) is 50.8 Å². The third-order valence-electron chi connectivity index (χ3n) is 2.77. The van der Waals surface area contributed by atoms with E-state index in [2.05, 4.69) is 15.2 Å². The van der Waals surface area contributed by atoms with E-state index in [1.54, 1.807) is 0 Å². The zero-order valence-electron chi connectivity index (χ0n) is 10.4. The number of H-pyrrole nitrogens is 1. The zero-order valence-corrected chi connectivity index (χ0v) is 11.1. The van der Waals surface area contributed by atoms with Crippen molar-refractivity contribution in [3.8, 4) is 11.6 Å². The molecule has 4 nitrogen and oxygen atoms in total. The van der Waals surface area contributed by atoms with Gasteiger partial charge in [0.2, 0.25) is 5.88 Å². The highest BCUT2D eigenvalue weighted by atomic mass is 35.5. The third-order valence-corrected chi connectivity index (χ3v) is 3.04. The lowest BCUT2D eigenvalue weighted by atomic mass is 10.2. The van der Waals surface area contributed by atoms with Gasteiger partial charge in [-0.15, -0.1) is 16.7 Å². The van der Waals surface area contributed by atoms with Gasteiger partial charge in [0.15, 0.2) is 0 Å². The lowest BCUT2D eigenvalue weighted by Crippen LogP contribution is -1.92. The first-order valence-corrected chi connectivity index (χ1v) is 6.44. The summed E-state index contributed by atoms with van der Waals surface area (Å²) in [5.74, 6) is 1.60. The standard InChI is InChI=1S/C14H12ClN3O/c1-9-6-14(18-17-9)19-13-7-10(8-15)16-12-5-3-2-4-11(12)13/h2-7H,8H2,1H3,(H,17,18). The van der Waals surface area contributed by atoms with Crippen molar-refractivity contribution in [3.05, 3.63) is 47.8 Å². The number of fused-ring (bicyclic) bond motifs is 1. The van der Waals surface area contributed by atoms with Gasteiger partial charge in [-0.25, -0.2) is 0 Å². The van der Waals surface area contributed by atoms with Crippen molar-refractivity contribution in [1.29, 1.82) is 0 Å². The average Bonchev–Trinajstić information content (AvgIpc) is 2.84. The normalized spacial score (nSPS) is 10.8. The van der Waals surface area contributed by atoms with Crippen molar-refractivity contribution in [2.75, 3.05) is 0 Å². The maximum atomic E-state index is 5.87. The molecule has 1 N–H and O–H groups in total. The number of aromatic amines is 1. The van der Waals surface area contributed by atoms with E-state index >= 15 is 0 Å². The van der Waals surface area contributed by atoms with Crippen molar-refractivity contribution in [2.45, 2.75) is 12.8 Å². The fourth-order valence-electron chi connectivity index (χ4n) is 1.91. The molecule has 0 fully saturated rings. The van der Waals surface area contributed by atoms with E-state index < -0.39 is 0 Å². The van der Waals surface area contributed by atoms with Crippen molar-refractivity contribution in [3.63, 3.8) is 0 Å². The van der Waals surface area contributed by atoms with Crippen LogP contribution in [-0.4, -0.2) is 15.2 Å². The van der Waals surface area contributed by atoms with Gasteiger partial charge >= 0.3 is 0 Å². The highest BCUT2D eigenvalue weighted by Gasteiger charge is 2.08. The molecule has 0 unspecified atom stereocenters. The summed E-state index contributed by atoms with van der Waals surface area (Å²) in [6, 6.07) is 11.5. The maximum Gasteiger partial charge on any atom is 0.238 e. The lowest BCUT2D eigenvalue weighted by Gasteiger charge is -2.08. The van der Waals surface area contributed by atoms with Gasteiger partial charge in [-0.1, -0.05) is 12.1 Å². The van der Waals surface area contributed by atoms with Crippen LogP contribution < -0.4 is 4.74 Å². The van der Waals surface area contributed by atoms with Crippen LogP contribution in [-0.2, 0) is 5.88 Å². The summed E-state index contributed by atoms with van der Waals surface area (Å²) in [7, 11) is 0. The number of ether oxygens (including phenoxy) is 1. The molecule has 5 heteroatoms. The largest absolute Gasteiger partial charge is 0.437 e. The van der Waals surface area contributed by atoms with E-state index in [4.69, 9.17) is 16.3 Å². The van der Waals surface area contributed by atoms with Crippen molar-refractivity contribution in [2.24, 2.45) is 0 Å². The first kappa shape index (κ1) is 12.0. The van der Waals surface area contributed by atoms with Gasteiger partial charge in [-0.3, -0.25) is 10.1 Å². The number of aromatic nitrogens is 3. The molecule has 2 aromatic heterocycles. The van der Waals surface area contributed by atoms with E-state index in [1.807, 2.05) is 43.3 Å². The smallest absolute Gasteiger partial charge is 0.238 e. The Morgan fingerprint density at radius 3 is 2.84 bits per heavy atom. The van der Waals surface area contributed by atoms with E-state index in [-0.39, 0.29) is 0 Å². The Morgan fingerprint density at radius 1 is 1.26 bits per heavy atom. The Kier molecular flexibility index (Phi) is 3.09. The second-order valence-corrected chi connectivity index (χ2v) is 4.52. The number of nitrogens with zero attached hydrogens (tertiary/aromatic N) is 2. The number of pyridine rings is 1. The number of hydrogen-bond donors (Lipinski definition) is 1. The van der Waals surface area contributed by atoms with Crippen LogP contribution in [0.1, 0.15) is 11.4 Å². The molecule has 0 bridgehead atoms. The van der Waals surface area contributed by atoms with Crippen LogP contribution in [0.15, 0.2) is 36.4 Å². The molecule has 0 saturated heterocycles. The maximum absolute atomic E-state index is 5.87. The SMILES string of the molecule is Cc1cc(Oc2cc(CCl)nc3ccccc23)n[nH]1. The quantitative estimate of drug-likeness (QED) is 0.739. The minimum atomic E-state index is 0.348. The summed E-state index contributed by atoms with van der Waals surface area (Å²) >= 11 is 5.87. The molecular formula is C14H12ClN3O. The molecule has 0 atom stereocenters. The number of para-hydroxylation sites is 1. The molecule has 0 aliphatic rings. The Hall–Kier alpha value is -2.07. The molecule has 0 radical (unpaired) electrons. The van der Waals surface area contributed by atoms with Crippen LogP contribution in [0, 0.1) is 6.92 Å². The van der Waals surface area contributed by atoms with E-state index in [0.717, 1.165) is 22.3 Å². The third kappa shape index (κ3) is 2.39. The van der Waals surface area contributed by atoms with Crippen LogP contribution in [0.4, 0.5) is 0 Å². The van der Waals surface area contributed by atoms with Gasteiger partial charge < -0.3 is 4.74 Å². The molecule has 19 heavy (non-hydrogen) atoms. The van der Waals surface area contributed by atoms with Gasteiger partial charge in [0.1, 0.15) is 5.75 Å². The summed E-state index contributed by atoms with van der Waals surface area (Å²) in [5, 5.41) is 7.86. The molecular weight excluding hydrogens is 262 g/mol. The Labute approximate surface area is 115 Å². The second-order valence-electron chi connectivity index (χ2n) is 4.25. The molecule has 0 aliphatic heterocycles. The second kappa shape index (κ2) is 4.90. The number of hydrogen-bond acceptors (Lipinski definition) is 3. The van der Waals surface area contributed by atoms with Crippen LogP contribution in [0.25, 0.3) is 10.9 Å². The van der Waals surface area contributed by atoms with Gasteiger partial charge in [0.05, 0.1) is 17.1 Å². The highest BCUT2D eigenvalue weighted by Crippen LogP contribution is 2.29. The summed E-state index contributed by atoms with van der Waals surface area (Å²) in [5.41, 5.74) is 2.59. The Bertz CT molecular complexity index is 724. The van der Waals surface area contributed by atoms with Crippen LogP contribution >= 0.6 is 11.6 Å². The fourth-order valence-corrected chi connectivity index (χ4v) is 2.04. The Morgan fingerprint density at radius 2 is 2.11 bits per heavy atom. The number of nitrogens with one attached hydrogen (secondary N) is 1. The minimum absolute atomic E-state index is 0.348. The molecule has 0 saturated carbocycles. The Balaban J connectivity index is 2.10. The van der Waals surface area contributed by atoms with Crippen LogP contribution in [0.2, 0.25) is 0 Å². The van der Waals surface area contributed by atoms with E-state index in [0.29, 0.717) is 17.5 Å². The summed E-state index contributed by atoms with van der Waals surface area (Å²) in [6.45, 7) is 1.93. The number of aryl methyl sites for hydroxylation is 1. The van der Waals surface area contributed by atoms with Gasteiger partial charge in [0, 0.05) is 23.2 Å². The average molecular weight is 274 g/mol. The summed E-state index contributed by atoms with van der Waals surface area (Å²) in [6.07, 6.45) is 0. The predicted octanol–water partition coefficient (Wildman–Crippen LogP) is 3.80. The first-order chi connectivity index (χ1) is 9.26. The molecule has 2 heterocycles. The molecule has 0 aliphatic carbocycles. The number of benzene rings is 1. The van der Waals surface area contributed by atoms with Gasteiger partial charge in [0.25, 0.3) is 0 Å². The fraction of sp³-hybridized carbons (Fsp3) is 0.143. The number of alkyl halides is 1. The van der Waals surface area contributed by atoms with Gasteiger partial charge in [-0.05, 0) is 19.1 Å². The molecule has 1 aromatic carbocycles. The molecule has 3 aromatic rings. The van der Waals surface area contributed by atoms with Crippen molar-refractivity contribution >= 4 is 22.5 Å². The van der Waals surface area contributed by atoms with E-state index in [9.17, 15) is 0 Å². The van der Waals surface area contributed by atoms with Gasteiger partial charge in [-0.2, -0.15) is 0 Å². The number of rotatable bonds is 3. The van der Waals surface area contributed by atoms with Crippen LogP contribution in [0.5, 0.6) is 11.6 Å². The predicted molar refractivity (Wildman–Crippen MR) is 74.7 cm³/mol. The minimum Gasteiger partial charge on any atom is -0.437 e. The zero-order chi connectivity index (χ0) is 13.2. The van der Waals surface area contributed by atoms with Crippen molar-refractivity contribution in [1.82, 2.24) is 15.2 Å². The molecule has 0 amide bonds. The summed E-state index contributed by atoms with van der Waals surface area (Å²) in [4.78, 5) is 4.46. The van der Waals surface area contributed by atoms with Crippen molar-refractivity contribution < 1.29 is 4.74 Å².